The van der Waals surface area contributed by atoms with E-state index in [0.717, 1.165) is 0 Å². The van der Waals surface area contributed by atoms with Crippen molar-refractivity contribution in [3.63, 3.8) is 0 Å². The molecule has 0 aliphatic carbocycles. The molecule has 58 valence electrons. The van der Waals surface area contributed by atoms with Gasteiger partial charge in [0.15, 0.2) is 6.10 Å². The number of carboxylic acids is 1. The number of ether oxygens (including phenoxy) is 2. The second-order valence-corrected chi connectivity index (χ2v) is 1.98. The number of aliphatic hydroxyl groups excluding tert-OH is 1. The van der Waals surface area contributed by atoms with Crippen molar-refractivity contribution in [2.24, 2.45) is 0 Å². The highest BCUT2D eigenvalue weighted by Gasteiger charge is 2.29. The molecule has 0 aromatic carbocycles. The molecule has 1 aliphatic rings. The van der Waals surface area contributed by atoms with Crippen molar-refractivity contribution in [3.8, 4) is 0 Å². The summed E-state index contributed by atoms with van der Waals surface area (Å²) in [5.41, 5.74) is 0. The largest absolute Gasteiger partial charge is 0.479 e. The van der Waals surface area contributed by atoms with Crippen LogP contribution in [0, 0.1) is 0 Å². The molecular weight excluding hydrogens is 140 g/mol. The van der Waals surface area contributed by atoms with Gasteiger partial charge in [0.2, 0.25) is 0 Å². The summed E-state index contributed by atoms with van der Waals surface area (Å²) in [7, 11) is 0. The van der Waals surface area contributed by atoms with Crippen LogP contribution in [-0.4, -0.2) is 41.8 Å². The van der Waals surface area contributed by atoms with Crippen LogP contribution in [0.2, 0.25) is 0 Å². The van der Waals surface area contributed by atoms with Gasteiger partial charge in [-0.1, -0.05) is 0 Å². The second kappa shape index (κ2) is 2.96. The molecule has 5 nitrogen and oxygen atoms in total. The highest BCUT2D eigenvalue weighted by atomic mass is 16.7. The van der Waals surface area contributed by atoms with Crippen LogP contribution in [0.15, 0.2) is 0 Å². The smallest absolute Gasteiger partial charge is 0.335 e. The van der Waals surface area contributed by atoms with Gasteiger partial charge in [0.25, 0.3) is 0 Å². The lowest BCUT2D eigenvalue weighted by atomic mass is 10.2. The van der Waals surface area contributed by atoms with Gasteiger partial charge < -0.3 is 19.7 Å². The molecule has 1 heterocycles. The maximum Gasteiger partial charge on any atom is 0.335 e. The van der Waals surface area contributed by atoms with Gasteiger partial charge in [-0.2, -0.15) is 0 Å². The topological polar surface area (TPSA) is 76.0 Å². The third-order valence-electron chi connectivity index (χ3n) is 1.25. The van der Waals surface area contributed by atoms with Crippen molar-refractivity contribution in [3.05, 3.63) is 0 Å². The second-order valence-electron chi connectivity index (χ2n) is 1.98. The third kappa shape index (κ3) is 1.44. The predicted octanol–water partition coefficient (Wildman–Crippen LogP) is -1.20. The molecule has 1 aliphatic heterocycles. The molecule has 0 saturated carbocycles. The van der Waals surface area contributed by atoms with E-state index in [-0.39, 0.29) is 13.4 Å². The number of carboxylic acid groups (broad SMARTS) is 1. The fourth-order valence-electron chi connectivity index (χ4n) is 0.689. The summed E-state index contributed by atoms with van der Waals surface area (Å²) in [6.07, 6.45) is -2.18. The summed E-state index contributed by atoms with van der Waals surface area (Å²) in [5, 5.41) is 17.1. The molecule has 1 fully saturated rings. The van der Waals surface area contributed by atoms with Gasteiger partial charge in [-0.05, 0) is 0 Å². The molecule has 1 saturated heterocycles. The number of aliphatic hydroxyl groups is 1. The van der Waals surface area contributed by atoms with Gasteiger partial charge >= 0.3 is 5.97 Å². The molecule has 2 N–H and O–H groups in total. The molecule has 0 amide bonds. The zero-order chi connectivity index (χ0) is 7.56. The molecule has 5 heteroatoms. The van der Waals surface area contributed by atoms with E-state index in [2.05, 4.69) is 4.74 Å². The average Bonchev–Trinajstić information content (AvgIpc) is 2.36. The molecule has 10 heavy (non-hydrogen) atoms. The molecule has 1 rings (SSSR count). The summed E-state index contributed by atoms with van der Waals surface area (Å²) in [6, 6.07) is 0. The first kappa shape index (κ1) is 7.46. The fraction of sp³-hybridized carbons (Fsp3) is 0.800. The monoisotopic (exact) mass is 148 g/mol. The van der Waals surface area contributed by atoms with Crippen molar-refractivity contribution < 1.29 is 24.5 Å². The first-order valence-corrected chi connectivity index (χ1v) is 2.82. The van der Waals surface area contributed by atoms with Gasteiger partial charge in [-0.3, -0.25) is 0 Å². The molecule has 0 bridgehead atoms. The Morgan fingerprint density at radius 3 is 2.80 bits per heavy atom. The molecule has 0 aromatic rings. The highest BCUT2D eigenvalue weighted by molar-refractivity contribution is 5.72. The highest BCUT2D eigenvalue weighted by Crippen LogP contribution is 2.07. The van der Waals surface area contributed by atoms with Crippen molar-refractivity contribution >= 4 is 5.97 Å². The Bertz CT molecular complexity index is 128. The SMILES string of the molecule is O=C(O)C(O)[C@@H]1COCO1. The maximum absolute atomic E-state index is 10.1. The summed E-state index contributed by atoms with van der Waals surface area (Å²) >= 11 is 0. The van der Waals surface area contributed by atoms with E-state index in [0.29, 0.717) is 0 Å². The van der Waals surface area contributed by atoms with E-state index in [1.165, 1.54) is 0 Å². The van der Waals surface area contributed by atoms with Crippen LogP contribution in [0.3, 0.4) is 0 Å². The number of carbonyl (C=O) groups is 1. The Labute approximate surface area is 57.2 Å². The van der Waals surface area contributed by atoms with Gasteiger partial charge in [-0.25, -0.2) is 4.79 Å². The van der Waals surface area contributed by atoms with Crippen LogP contribution in [0.25, 0.3) is 0 Å². The molecule has 2 atom stereocenters. The molecule has 0 aromatic heterocycles. The fourth-order valence-corrected chi connectivity index (χ4v) is 0.689. The lowest BCUT2D eigenvalue weighted by Gasteiger charge is -2.09. The Morgan fingerprint density at radius 1 is 1.70 bits per heavy atom. The molecule has 1 unspecified atom stereocenters. The molecular formula is C5H8O5. The number of aliphatic carboxylic acids is 1. The number of hydrogen-bond donors (Lipinski definition) is 2. The van der Waals surface area contributed by atoms with E-state index < -0.39 is 18.2 Å². The first-order chi connectivity index (χ1) is 4.72. The number of rotatable bonds is 2. The zero-order valence-corrected chi connectivity index (χ0v) is 5.19. The van der Waals surface area contributed by atoms with Crippen LogP contribution in [0.5, 0.6) is 0 Å². The number of hydrogen-bond acceptors (Lipinski definition) is 4. The average molecular weight is 148 g/mol. The Hall–Kier alpha value is -0.650. The van der Waals surface area contributed by atoms with Crippen molar-refractivity contribution in [2.45, 2.75) is 12.2 Å². The minimum absolute atomic E-state index is 0.0645. The van der Waals surface area contributed by atoms with E-state index in [9.17, 15) is 4.79 Å². The van der Waals surface area contributed by atoms with Crippen molar-refractivity contribution in [1.29, 1.82) is 0 Å². The summed E-state index contributed by atoms with van der Waals surface area (Å²) in [6.45, 7) is 0.211. The van der Waals surface area contributed by atoms with Crippen molar-refractivity contribution in [2.75, 3.05) is 13.4 Å². The van der Waals surface area contributed by atoms with Crippen molar-refractivity contribution in [1.82, 2.24) is 0 Å². The van der Waals surface area contributed by atoms with E-state index >= 15 is 0 Å². The van der Waals surface area contributed by atoms with Crippen LogP contribution in [0.1, 0.15) is 0 Å². The minimum Gasteiger partial charge on any atom is -0.479 e. The Balaban J connectivity index is 2.39. The predicted molar refractivity (Wildman–Crippen MR) is 29.3 cm³/mol. The standard InChI is InChI=1S/C5H8O5/c6-4(5(7)8)3-1-9-2-10-3/h3-4,6H,1-2H2,(H,7,8)/t3-,4?/m0/s1. The van der Waals surface area contributed by atoms with Crippen LogP contribution in [0.4, 0.5) is 0 Å². The Kier molecular flexibility index (Phi) is 2.21. The molecule has 0 spiro atoms. The lowest BCUT2D eigenvalue weighted by molar-refractivity contribution is -0.152. The van der Waals surface area contributed by atoms with E-state index in [1.807, 2.05) is 0 Å². The summed E-state index contributed by atoms with van der Waals surface area (Å²) < 4.78 is 9.41. The van der Waals surface area contributed by atoms with Gasteiger partial charge in [0.05, 0.1) is 6.61 Å². The Morgan fingerprint density at radius 2 is 2.40 bits per heavy atom. The quantitative estimate of drug-likeness (QED) is 0.514. The van der Waals surface area contributed by atoms with Gasteiger partial charge in [-0.15, -0.1) is 0 Å². The third-order valence-corrected chi connectivity index (χ3v) is 1.25. The van der Waals surface area contributed by atoms with E-state index in [4.69, 9.17) is 14.9 Å². The minimum atomic E-state index is -1.47. The van der Waals surface area contributed by atoms with E-state index in [1.54, 1.807) is 0 Å². The lowest BCUT2D eigenvalue weighted by Crippen LogP contribution is -2.35. The first-order valence-electron chi connectivity index (χ1n) is 2.82. The van der Waals surface area contributed by atoms with Crippen LogP contribution in [-0.2, 0) is 14.3 Å². The maximum atomic E-state index is 10.1. The van der Waals surface area contributed by atoms with Gasteiger partial charge in [0.1, 0.15) is 12.9 Å². The zero-order valence-electron chi connectivity index (χ0n) is 5.19. The van der Waals surface area contributed by atoms with Crippen LogP contribution < -0.4 is 0 Å². The normalized spacial score (nSPS) is 28.3. The summed E-state index contributed by atoms with van der Waals surface area (Å²) in [4.78, 5) is 10.1. The van der Waals surface area contributed by atoms with Gasteiger partial charge in [0, 0.05) is 0 Å². The summed E-state index contributed by atoms with van der Waals surface area (Å²) in [5.74, 6) is -1.28. The van der Waals surface area contributed by atoms with Crippen LogP contribution >= 0.6 is 0 Å². The molecule has 0 radical (unpaired) electrons.